The first-order chi connectivity index (χ1) is 20.3. The van der Waals surface area contributed by atoms with Crippen molar-refractivity contribution in [1.82, 2.24) is 0 Å². The zero-order valence-electron chi connectivity index (χ0n) is 27.5. The van der Waals surface area contributed by atoms with Crippen LogP contribution in [0.1, 0.15) is 65.4 Å². The number of esters is 2. The lowest BCUT2D eigenvalue weighted by molar-refractivity contribution is -0.162. The Labute approximate surface area is 261 Å². The Hall–Kier alpha value is -3.18. The first-order valence-electron chi connectivity index (χ1n) is 16.0. The van der Waals surface area contributed by atoms with E-state index in [-0.39, 0.29) is 23.8 Å². The van der Waals surface area contributed by atoms with Crippen molar-refractivity contribution in [3.63, 3.8) is 0 Å². The van der Waals surface area contributed by atoms with Crippen LogP contribution in [-0.4, -0.2) is 32.2 Å². The fourth-order valence-corrected chi connectivity index (χ4v) is 5.82. The van der Waals surface area contributed by atoms with Crippen molar-refractivity contribution in [2.75, 3.05) is 6.61 Å². The number of carbonyl (C=O) groups excluding carboxylic acids is 2. The van der Waals surface area contributed by atoms with E-state index < -0.39 is 13.7 Å². The number of benzene rings is 3. The molecule has 2 atom stereocenters. The molecular weight excluding hydrogens is 549 g/mol. The number of rotatable bonds is 15. The molecule has 0 spiro atoms. The van der Waals surface area contributed by atoms with E-state index in [0.29, 0.717) is 19.4 Å². The molecule has 0 fully saturated rings. The fourth-order valence-electron chi connectivity index (χ4n) is 5.11. The summed E-state index contributed by atoms with van der Waals surface area (Å²) in [6.45, 7) is 15.1. The van der Waals surface area contributed by atoms with E-state index in [4.69, 9.17) is 9.47 Å². The summed E-state index contributed by atoms with van der Waals surface area (Å²) in [5.41, 5.74) is 5.36. The summed E-state index contributed by atoms with van der Waals surface area (Å²) in [7, 11) is -1.33. The Morgan fingerprint density at radius 3 is 1.74 bits per heavy atom. The Morgan fingerprint density at radius 2 is 1.23 bits per heavy atom. The SMILES string of the molecule is CCCC[C@H](C[C@H](CCc1ccc(-c2ccc(-c3ccccc3)cc2)cc1)C(=O)OCC[Si](C)(C)C)C(=O)OC(C)(C)C. The lowest BCUT2D eigenvalue weighted by atomic mass is 9.86. The Morgan fingerprint density at radius 1 is 0.721 bits per heavy atom. The van der Waals surface area contributed by atoms with Crippen molar-refractivity contribution in [2.24, 2.45) is 11.8 Å². The molecule has 0 N–H and O–H groups in total. The van der Waals surface area contributed by atoms with Gasteiger partial charge in [-0.15, -0.1) is 0 Å². The molecule has 0 radical (unpaired) electrons. The third-order valence-electron chi connectivity index (χ3n) is 7.71. The average Bonchev–Trinajstić information content (AvgIpc) is 2.96. The van der Waals surface area contributed by atoms with Crippen molar-refractivity contribution in [2.45, 2.75) is 97.5 Å². The largest absolute Gasteiger partial charge is 0.466 e. The van der Waals surface area contributed by atoms with E-state index in [0.717, 1.165) is 37.3 Å². The Kier molecular flexibility index (Phi) is 12.8. The van der Waals surface area contributed by atoms with Gasteiger partial charge < -0.3 is 9.47 Å². The van der Waals surface area contributed by atoms with Crippen LogP contribution >= 0.6 is 0 Å². The van der Waals surface area contributed by atoms with Crippen molar-refractivity contribution in [1.29, 1.82) is 0 Å². The average molecular weight is 601 g/mol. The molecule has 0 saturated heterocycles. The normalized spacial score (nSPS) is 13.3. The van der Waals surface area contributed by atoms with Crippen molar-refractivity contribution >= 4 is 20.0 Å². The van der Waals surface area contributed by atoms with Crippen LogP contribution in [0.3, 0.4) is 0 Å². The molecule has 232 valence electrons. The third kappa shape index (κ3) is 12.1. The minimum atomic E-state index is -1.33. The number of hydrogen-bond acceptors (Lipinski definition) is 4. The van der Waals surface area contributed by atoms with Gasteiger partial charge in [0.1, 0.15) is 5.60 Å². The molecule has 0 aliphatic rings. The molecule has 0 amide bonds. The van der Waals surface area contributed by atoms with Gasteiger partial charge in [-0.2, -0.15) is 0 Å². The van der Waals surface area contributed by atoms with Crippen molar-refractivity contribution in [3.8, 4) is 22.3 Å². The minimum absolute atomic E-state index is 0.182. The molecule has 43 heavy (non-hydrogen) atoms. The predicted molar refractivity (Wildman–Crippen MR) is 182 cm³/mol. The highest BCUT2D eigenvalue weighted by molar-refractivity contribution is 6.76. The van der Waals surface area contributed by atoms with Crippen molar-refractivity contribution < 1.29 is 19.1 Å². The van der Waals surface area contributed by atoms with Crippen LogP contribution in [0, 0.1) is 11.8 Å². The van der Waals surface area contributed by atoms with Crippen LogP contribution in [0.5, 0.6) is 0 Å². The highest BCUT2D eigenvalue weighted by atomic mass is 28.3. The van der Waals surface area contributed by atoms with E-state index in [1.807, 2.05) is 26.8 Å². The van der Waals surface area contributed by atoms with Gasteiger partial charge in [0.15, 0.2) is 0 Å². The molecule has 0 saturated carbocycles. The number of aryl methyl sites for hydroxylation is 1. The van der Waals surface area contributed by atoms with Gasteiger partial charge in [0.2, 0.25) is 0 Å². The van der Waals surface area contributed by atoms with Gasteiger partial charge in [0.05, 0.1) is 18.4 Å². The first-order valence-corrected chi connectivity index (χ1v) is 19.7. The van der Waals surface area contributed by atoms with E-state index >= 15 is 0 Å². The molecule has 0 unspecified atom stereocenters. The first kappa shape index (κ1) is 34.3. The third-order valence-corrected chi connectivity index (χ3v) is 9.41. The monoisotopic (exact) mass is 600 g/mol. The summed E-state index contributed by atoms with van der Waals surface area (Å²) in [6, 6.07) is 28.6. The topological polar surface area (TPSA) is 52.6 Å². The molecule has 5 heteroatoms. The van der Waals surface area contributed by atoms with Gasteiger partial charge in [-0.1, -0.05) is 118 Å². The summed E-state index contributed by atoms with van der Waals surface area (Å²) >= 11 is 0. The predicted octanol–water partition coefficient (Wildman–Crippen LogP) is 9.99. The second-order valence-corrected chi connectivity index (χ2v) is 19.6. The molecule has 0 aliphatic carbocycles. The lowest BCUT2D eigenvalue weighted by Gasteiger charge is -2.26. The summed E-state index contributed by atoms with van der Waals surface area (Å²) in [5.74, 6) is -1.04. The van der Waals surface area contributed by atoms with Crippen LogP contribution in [0.15, 0.2) is 78.9 Å². The maximum atomic E-state index is 13.4. The molecular formula is C38H52O4Si. The van der Waals surface area contributed by atoms with Gasteiger partial charge in [0, 0.05) is 8.07 Å². The summed E-state index contributed by atoms with van der Waals surface area (Å²) < 4.78 is 11.6. The van der Waals surface area contributed by atoms with Crippen LogP contribution in [0.2, 0.25) is 25.7 Å². The van der Waals surface area contributed by atoms with Crippen LogP contribution in [-0.2, 0) is 25.5 Å². The molecule has 0 aliphatic heterocycles. The molecule has 3 aromatic carbocycles. The van der Waals surface area contributed by atoms with E-state index in [2.05, 4.69) is 99.4 Å². The smallest absolute Gasteiger partial charge is 0.309 e. The Balaban J connectivity index is 1.70. The number of unbranched alkanes of at least 4 members (excludes halogenated alkanes) is 1. The maximum Gasteiger partial charge on any atom is 0.309 e. The van der Waals surface area contributed by atoms with Crippen molar-refractivity contribution in [3.05, 3.63) is 84.4 Å². The molecule has 0 bridgehead atoms. The standard InChI is InChI=1S/C38H52O4Si/c1-8-9-13-34(37(40)42-38(2,3)4)28-35(36(39)41-26-27-43(5,6)7)21-18-29-16-19-31(20-17-29)33-24-22-32(23-25-33)30-14-11-10-12-15-30/h10-12,14-17,19-20,22-25,34-35H,8-9,13,18,21,26-28H2,1-7H3/t34-,35+/m1/s1. The van der Waals surface area contributed by atoms with E-state index in [9.17, 15) is 9.59 Å². The number of hydrogen-bond donors (Lipinski definition) is 0. The molecule has 4 nitrogen and oxygen atoms in total. The van der Waals surface area contributed by atoms with Gasteiger partial charge >= 0.3 is 11.9 Å². The van der Waals surface area contributed by atoms with Gasteiger partial charge in [-0.3, -0.25) is 9.59 Å². The lowest BCUT2D eigenvalue weighted by Crippen LogP contribution is -2.32. The van der Waals surface area contributed by atoms with Crippen LogP contribution in [0.4, 0.5) is 0 Å². The molecule has 3 aromatic rings. The summed E-state index contributed by atoms with van der Waals surface area (Å²) in [5, 5.41) is 0. The second-order valence-electron chi connectivity index (χ2n) is 14.0. The minimum Gasteiger partial charge on any atom is -0.466 e. The van der Waals surface area contributed by atoms with Gasteiger partial charge in [-0.05, 0) is 80.3 Å². The second kappa shape index (κ2) is 16.0. The fraction of sp³-hybridized carbons (Fsp3) is 0.474. The molecule has 0 heterocycles. The summed E-state index contributed by atoms with van der Waals surface area (Å²) in [6.07, 6.45) is 4.49. The van der Waals surface area contributed by atoms with Gasteiger partial charge in [0.25, 0.3) is 0 Å². The van der Waals surface area contributed by atoms with E-state index in [1.165, 1.54) is 22.3 Å². The molecule has 0 aromatic heterocycles. The number of carbonyl (C=O) groups is 2. The van der Waals surface area contributed by atoms with E-state index in [1.54, 1.807) is 0 Å². The van der Waals surface area contributed by atoms with Crippen LogP contribution in [0.25, 0.3) is 22.3 Å². The zero-order chi connectivity index (χ0) is 31.5. The quantitative estimate of drug-likeness (QED) is 0.129. The highest BCUT2D eigenvalue weighted by Gasteiger charge is 2.31. The maximum absolute atomic E-state index is 13.4. The summed E-state index contributed by atoms with van der Waals surface area (Å²) in [4.78, 5) is 26.5. The number of ether oxygens (including phenoxy) is 2. The van der Waals surface area contributed by atoms with Crippen LogP contribution < -0.4 is 0 Å². The highest BCUT2D eigenvalue weighted by Crippen LogP contribution is 2.29. The Bertz CT molecular complexity index is 1270. The van der Waals surface area contributed by atoms with Gasteiger partial charge in [-0.25, -0.2) is 0 Å². The molecule has 3 rings (SSSR count). The zero-order valence-corrected chi connectivity index (χ0v) is 28.5.